The number of aliphatic carboxylic acids is 1. The Morgan fingerprint density at radius 1 is 1.07 bits per heavy atom. The van der Waals surface area contributed by atoms with Gasteiger partial charge in [-0.2, -0.15) is 5.10 Å². The van der Waals surface area contributed by atoms with Gasteiger partial charge in [-0.15, -0.1) is 0 Å². The van der Waals surface area contributed by atoms with Crippen LogP contribution >= 0.6 is 0 Å². The maximum atomic E-state index is 13.3. The van der Waals surface area contributed by atoms with E-state index >= 15 is 0 Å². The third-order valence-corrected chi connectivity index (χ3v) is 7.66. The van der Waals surface area contributed by atoms with Gasteiger partial charge in [0.2, 0.25) is 5.91 Å². The molecule has 2 amide bonds. The normalized spacial score (nSPS) is 20.0. The fourth-order valence-electron chi connectivity index (χ4n) is 5.36. The summed E-state index contributed by atoms with van der Waals surface area (Å²) < 4.78 is 5.80. The molecule has 2 aromatic rings. The van der Waals surface area contributed by atoms with Crippen molar-refractivity contribution in [1.29, 1.82) is 0 Å². The van der Waals surface area contributed by atoms with Gasteiger partial charge in [0.15, 0.2) is 0 Å². The number of ether oxygens (including phenoxy) is 1. The third kappa shape index (κ3) is 8.31. The number of nitrogens with zero attached hydrogens (tertiary/aromatic N) is 3. The molecular weight excluding hydrogens is 508 g/mol. The van der Waals surface area contributed by atoms with Gasteiger partial charge in [-0.3, -0.25) is 14.5 Å². The molecule has 0 aromatic heterocycles. The van der Waals surface area contributed by atoms with Gasteiger partial charge in [-0.25, -0.2) is 4.79 Å². The third-order valence-electron chi connectivity index (χ3n) is 7.66. The number of carboxylic acid groups (broad SMARTS) is 1. The first-order valence-electron chi connectivity index (χ1n) is 14.3. The molecule has 9 heteroatoms. The fraction of sp³-hybridized carbons (Fsp3) is 0.484. The lowest BCUT2D eigenvalue weighted by Crippen LogP contribution is -2.46. The van der Waals surface area contributed by atoms with Crippen LogP contribution in [0.3, 0.4) is 0 Å². The summed E-state index contributed by atoms with van der Waals surface area (Å²) in [7, 11) is 0. The molecule has 214 valence electrons. The number of amides is 2. The molecule has 2 aliphatic rings. The van der Waals surface area contributed by atoms with E-state index in [0.717, 1.165) is 36.1 Å². The largest absolute Gasteiger partial charge is 0.481 e. The van der Waals surface area contributed by atoms with Crippen LogP contribution in [-0.2, 0) is 20.9 Å². The van der Waals surface area contributed by atoms with Crippen molar-refractivity contribution in [3.8, 4) is 0 Å². The molecule has 2 saturated heterocycles. The maximum absolute atomic E-state index is 13.3. The van der Waals surface area contributed by atoms with Gasteiger partial charge >= 0.3 is 12.1 Å². The molecule has 2 aliphatic heterocycles. The highest BCUT2D eigenvalue weighted by Crippen LogP contribution is 2.35. The first-order valence-corrected chi connectivity index (χ1v) is 14.3. The van der Waals surface area contributed by atoms with Crippen LogP contribution in [0.2, 0.25) is 0 Å². The van der Waals surface area contributed by atoms with Crippen LogP contribution in [0.5, 0.6) is 0 Å². The molecule has 2 aromatic carbocycles. The minimum Gasteiger partial charge on any atom is -0.481 e. The monoisotopic (exact) mass is 548 g/mol. The fourth-order valence-corrected chi connectivity index (χ4v) is 5.36. The van der Waals surface area contributed by atoms with Crippen LogP contribution in [0.15, 0.2) is 59.7 Å². The van der Waals surface area contributed by atoms with Crippen LogP contribution in [0.1, 0.15) is 74.6 Å². The first-order chi connectivity index (χ1) is 19.4. The second-order valence-corrected chi connectivity index (χ2v) is 10.7. The van der Waals surface area contributed by atoms with Gasteiger partial charge < -0.3 is 20.2 Å². The number of piperidine rings is 1. The lowest BCUT2D eigenvalue weighted by molar-refractivity contribution is -0.139. The Kier molecular flexibility index (Phi) is 10.5. The first kappa shape index (κ1) is 29.1. The number of cyclic esters (lactones) is 1. The summed E-state index contributed by atoms with van der Waals surface area (Å²) in [6, 6.07) is 17.6. The molecule has 2 atom stereocenters. The van der Waals surface area contributed by atoms with E-state index in [1.165, 1.54) is 0 Å². The maximum Gasteiger partial charge on any atom is 0.410 e. The summed E-state index contributed by atoms with van der Waals surface area (Å²) in [4.78, 5) is 40.9. The Morgan fingerprint density at radius 2 is 1.80 bits per heavy atom. The molecule has 0 unspecified atom stereocenters. The minimum atomic E-state index is -0.797. The van der Waals surface area contributed by atoms with E-state index in [-0.39, 0.29) is 30.7 Å². The van der Waals surface area contributed by atoms with E-state index in [1.807, 2.05) is 54.6 Å². The van der Waals surface area contributed by atoms with E-state index < -0.39 is 18.2 Å². The molecule has 0 aliphatic carbocycles. The van der Waals surface area contributed by atoms with Crippen LogP contribution in [0.25, 0.3) is 0 Å². The van der Waals surface area contributed by atoms with Gasteiger partial charge in [-0.1, -0.05) is 67.9 Å². The topological polar surface area (TPSA) is 112 Å². The van der Waals surface area contributed by atoms with Gasteiger partial charge in [0.05, 0.1) is 18.7 Å². The Labute approximate surface area is 236 Å². The zero-order chi connectivity index (χ0) is 28.3. The number of carboxylic acids is 1. The van der Waals surface area contributed by atoms with Crippen molar-refractivity contribution in [2.75, 3.05) is 19.6 Å². The summed E-state index contributed by atoms with van der Waals surface area (Å²) in [5.41, 5.74) is 6.00. The zero-order valence-electron chi connectivity index (χ0n) is 23.2. The molecule has 4 rings (SSSR count). The Hall–Kier alpha value is -3.88. The molecule has 0 saturated carbocycles. The van der Waals surface area contributed by atoms with Crippen molar-refractivity contribution in [1.82, 2.24) is 15.2 Å². The number of hydrogen-bond donors (Lipinski definition) is 2. The van der Waals surface area contributed by atoms with Crippen LogP contribution in [-0.4, -0.2) is 64.8 Å². The highest BCUT2D eigenvalue weighted by molar-refractivity contribution is 5.80. The molecule has 0 radical (unpaired) electrons. The molecule has 9 nitrogen and oxygen atoms in total. The highest BCUT2D eigenvalue weighted by Gasteiger charge is 2.38. The molecule has 40 heavy (non-hydrogen) atoms. The lowest BCUT2D eigenvalue weighted by Gasteiger charge is -2.40. The van der Waals surface area contributed by atoms with Crippen molar-refractivity contribution in [2.24, 2.45) is 11.0 Å². The average molecular weight is 549 g/mol. The second-order valence-electron chi connectivity index (χ2n) is 10.7. The predicted octanol–water partition coefficient (Wildman–Crippen LogP) is 4.97. The summed E-state index contributed by atoms with van der Waals surface area (Å²) >= 11 is 0. The summed E-state index contributed by atoms with van der Waals surface area (Å²) in [6.45, 7) is 4.46. The molecule has 2 N–H and O–H groups in total. The van der Waals surface area contributed by atoms with Crippen LogP contribution in [0.4, 0.5) is 4.79 Å². The summed E-state index contributed by atoms with van der Waals surface area (Å²) in [5, 5.41) is 13.3. The number of unbranched alkanes of at least 4 members (excludes halogenated alkanes) is 1. The van der Waals surface area contributed by atoms with Crippen molar-refractivity contribution >= 4 is 24.2 Å². The van der Waals surface area contributed by atoms with E-state index in [0.29, 0.717) is 38.9 Å². The SMILES string of the molecule is CCCCNN=Cc1ccc([C@@H]2C[C@H](CC(=O)N3CCC(CC(=O)O)CC3)OC(=O)N2Cc2ccccc2)cc1. The lowest BCUT2D eigenvalue weighted by atomic mass is 9.92. The second kappa shape index (κ2) is 14.5. The number of carbonyl (C=O) groups excluding carboxylic acids is 2. The number of nitrogens with one attached hydrogen (secondary N) is 1. The smallest absolute Gasteiger partial charge is 0.410 e. The highest BCUT2D eigenvalue weighted by atomic mass is 16.6. The van der Waals surface area contributed by atoms with Crippen molar-refractivity contribution < 1.29 is 24.2 Å². The quantitative estimate of drug-likeness (QED) is 0.220. The molecule has 2 heterocycles. The van der Waals surface area contributed by atoms with Crippen molar-refractivity contribution in [3.63, 3.8) is 0 Å². The van der Waals surface area contributed by atoms with Gasteiger partial charge in [0, 0.05) is 39.0 Å². The van der Waals surface area contributed by atoms with Gasteiger partial charge in [-0.05, 0) is 41.9 Å². The van der Waals surface area contributed by atoms with E-state index in [9.17, 15) is 14.4 Å². The molecule has 2 fully saturated rings. The minimum absolute atomic E-state index is 0.0519. The Balaban J connectivity index is 1.43. The van der Waals surface area contributed by atoms with E-state index in [4.69, 9.17) is 9.84 Å². The van der Waals surface area contributed by atoms with Crippen molar-refractivity contribution in [2.45, 2.75) is 70.6 Å². The molecule has 0 spiro atoms. The Morgan fingerprint density at radius 3 is 2.48 bits per heavy atom. The van der Waals surface area contributed by atoms with Crippen molar-refractivity contribution in [3.05, 3.63) is 71.3 Å². The van der Waals surface area contributed by atoms with Gasteiger partial charge in [0.25, 0.3) is 0 Å². The van der Waals surface area contributed by atoms with E-state index in [1.54, 1.807) is 16.0 Å². The number of hydrogen-bond acceptors (Lipinski definition) is 6. The number of carbonyl (C=O) groups is 3. The number of benzene rings is 2. The summed E-state index contributed by atoms with van der Waals surface area (Å²) in [6.07, 6.45) is 5.14. The summed E-state index contributed by atoms with van der Waals surface area (Å²) in [5.74, 6) is -0.747. The Bertz CT molecular complexity index is 1150. The van der Waals surface area contributed by atoms with Crippen LogP contribution in [0, 0.1) is 5.92 Å². The molecular formula is C31H40N4O5. The van der Waals surface area contributed by atoms with Crippen LogP contribution < -0.4 is 5.43 Å². The average Bonchev–Trinajstić information content (AvgIpc) is 2.95. The number of rotatable bonds is 12. The number of hydrazone groups is 1. The predicted molar refractivity (Wildman–Crippen MR) is 153 cm³/mol. The zero-order valence-corrected chi connectivity index (χ0v) is 23.2. The number of likely N-dealkylation sites (tertiary alicyclic amines) is 1. The van der Waals surface area contributed by atoms with Gasteiger partial charge in [0.1, 0.15) is 6.10 Å². The molecule has 0 bridgehead atoms. The van der Waals surface area contributed by atoms with E-state index in [2.05, 4.69) is 17.5 Å². The standard InChI is InChI=1S/C31H40N4O5/c1-2-3-15-32-33-21-24-9-11-26(12-10-24)28-19-27(40-31(39)35(28)22-25-7-5-4-6-8-25)20-29(36)34-16-13-23(14-17-34)18-30(37)38/h4-12,21,23,27-28,32H,2-3,13-20,22H2,1H3,(H,37,38)/t27-,28+/m1/s1.